The van der Waals surface area contributed by atoms with Crippen LogP contribution in [0.5, 0.6) is 0 Å². The minimum atomic E-state index is 0.132. The van der Waals surface area contributed by atoms with Gasteiger partial charge >= 0.3 is 0 Å². The van der Waals surface area contributed by atoms with Gasteiger partial charge in [-0.15, -0.1) is 0 Å². The van der Waals surface area contributed by atoms with E-state index >= 15 is 0 Å². The highest BCUT2D eigenvalue weighted by molar-refractivity contribution is 6.30. The van der Waals surface area contributed by atoms with Crippen molar-refractivity contribution in [3.8, 4) is 0 Å². The molecule has 0 aliphatic heterocycles. The molecule has 2 rings (SSSR count). The van der Waals surface area contributed by atoms with Crippen molar-refractivity contribution in [2.45, 2.75) is 20.4 Å². The van der Waals surface area contributed by atoms with Gasteiger partial charge in [-0.25, -0.2) is 4.98 Å². The van der Waals surface area contributed by atoms with E-state index in [2.05, 4.69) is 4.98 Å². The van der Waals surface area contributed by atoms with Crippen molar-refractivity contribution in [2.24, 2.45) is 0 Å². The third-order valence-electron chi connectivity index (χ3n) is 3.52. The molecule has 1 heterocycles. The summed E-state index contributed by atoms with van der Waals surface area (Å²) in [6.45, 7) is 3.61. The van der Waals surface area contributed by atoms with Crippen LogP contribution in [-0.4, -0.2) is 27.3 Å². The Morgan fingerprint density at radius 1 is 1.17 bits per heavy atom. The monoisotopic (exact) mass is 342 g/mol. The van der Waals surface area contributed by atoms with Crippen molar-refractivity contribution in [3.63, 3.8) is 0 Å². The molecule has 1 aromatic heterocycles. The van der Waals surface area contributed by atoms with Gasteiger partial charge in [0.1, 0.15) is 11.7 Å². The number of aromatic nitrogens is 1. The molecule has 0 unspecified atom stereocenters. The van der Waals surface area contributed by atoms with Gasteiger partial charge < -0.3 is 16.0 Å². The largest absolute Gasteiger partial charge is 0.383 e. The van der Waals surface area contributed by atoms with Crippen LogP contribution < -0.4 is 5.73 Å². The SMILES string of the molecule is CC(=N)c1cc(C(=N)N(Cc2ccc(Cl)cc2)C(C)=N)cnc1N. The standard InChI is InChI=1S/C17H19ClN6/c1-10(19)15-7-13(8-23-16(15)21)17(22)24(11(2)20)9-12-3-5-14(18)6-4-12/h3-8,19-20,22H,9H2,1-2H3,(H2,21,23). The second-order valence-corrected chi connectivity index (χ2v) is 5.86. The van der Waals surface area contributed by atoms with Crippen LogP contribution in [0.4, 0.5) is 5.82 Å². The molecular weight excluding hydrogens is 324 g/mol. The molecule has 0 atom stereocenters. The van der Waals surface area contributed by atoms with Gasteiger partial charge in [-0.05, 0) is 37.6 Å². The number of halogens is 1. The number of amidine groups is 2. The maximum atomic E-state index is 8.42. The topological polar surface area (TPSA) is 114 Å². The molecule has 24 heavy (non-hydrogen) atoms. The van der Waals surface area contributed by atoms with E-state index in [1.165, 1.54) is 6.20 Å². The molecule has 0 saturated heterocycles. The molecule has 5 N–H and O–H groups in total. The lowest BCUT2D eigenvalue weighted by Gasteiger charge is -2.24. The van der Waals surface area contributed by atoms with Crippen molar-refractivity contribution in [2.75, 3.05) is 5.73 Å². The third kappa shape index (κ3) is 3.97. The van der Waals surface area contributed by atoms with Crippen LogP contribution in [0.15, 0.2) is 36.5 Å². The Morgan fingerprint density at radius 2 is 1.79 bits per heavy atom. The van der Waals surface area contributed by atoms with E-state index in [1.807, 2.05) is 12.1 Å². The maximum absolute atomic E-state index is 8.42. The predicted molar refractivity (Wildman–Crippen MR) is 98.4 cm³/mol. The van der Waals surface area contributed by atoms with E-state index in [0.717, 1.165) is 5.56 Å². The van der Waals surface area contributed by atoms with E-state index in [0.29, 0.717) is 22.7 Å². The van der Waals surface area contributed by atoms with Gasteiger partial charge in [0.15, 0.2) is 0 Å². The Kier molecular flexibility index (Phi) is 5.31. The first-order chi connectivity index (χ1) is 11.3. The number of benzene rings is 1. The lowest BCUT2D eigenvalue weighted by molar-refractivity contribution is 0.593. The number of anilines is 1. The highest BCUT2D eigenvalue weighted by Crippen LogP contribution is 2.16. The molecule has 6 nitrogen and oxygen atoms in total. The molecule has 0 saturated carbocycles. The van der Waals surface area contributed by atoms with Gasteiger partial charge in [0, 0.05) is 28.1 Å². The summed E-state index contributed by atoms with van der Waals surface area (Å²) in [5.74, 6) is 0.627. The minimum absolute atomic E-state index is 0.132. The highest BCUT2D eigenvalue weighted by Gasteiger charge is 2.17. The zero-order valence-electron chi connectivity index (χ0n) is 13.5. The average Bonchev–Trinajstić information content (AvgIpc) is 2.53. The number of nitrogens with one attached hydrogen (secondary N) is 3. The maximum Gasteiger partial charge on any atom is 0.135 e. The smallest absolute Gasteiger partial charge is 0.135 e. The zero-order chi connectivity index (χ0) is 17.9. The van der Waals surface area contributed by atoms with Crippen LogP contribution >= 0.6 is 11.6 Å². The Labute approximate surface area is 145 Å². The summed E-state index contributed by atoms with van der Waals surface area (Å²) in [4.78, 5) is 5.62. The molecule has 0 radical (unpaired) electrons. The molecule has 0 spiro atoms. The molecule has 0 fully saturated rings. The summed E-state index contributed by atoms with van der Waals surface area (Å²) in [6.07, 6.45) is 1.49. The summed E-state index contributed by atoms with van der Waals surface area (Å²) >= 11 is 5.89. The minimum Gasteiger partial charge on any atom is -0.383 e. The van der Waals surface area contributed by atoms with Crippen LogP contribution in [-0.2, 0) is 6.54 Å². The quantitative estimate of drug-likeness (QED) is 0.503. The summed E-state index contributed by atoms with van der Waals surface area (Å²) in [5.41, 5.74) is 7.99. The Balaban J connectivity index is 2.32. The normalized spacial score (nSPS) is 10.3. The van der Waals surface area contributed by atoms with E-state index in [-0.39, 0.29) is 23.2 Å². The fourth-order valence-corrected chi connectivity index (χ4v) is 2.32. The molecule has 124 valence electrons. The molecule has 0 bridgehead atoms. The lowest BCUT2D eigenvalue weighted by atomic mass is 10.1. The Bertz CT molecular complexity index is 797. The van der Waals surface area contributed by atoms with Crippen molar-refractivity contribution in [1.29, 1.82) is 16.2 Å². The number of rotatable bonds is 4. The second kappa shape index (κ2) is 7.23. The van der Waals surface area contributed by atoms with E-state index in [9.17, 15) is 0 Å². The Morgan fingerprint density at radius 3 is 2.33 bits per heavy atom. The van der Waals surface area contributed by atoms with Crippen molar-refractivity contribution in [1.82, 2.24) is 9.88 Å². The van der Waals surface area contributed by atoms with Gasteiger partial charge in [0.2, 0.25) is 0 Å². The number of nitrogens with zero attached hydrogens (tertiary/aromatic N) is 2. The summed E-state index contributed by atoms with van der Waals surface area (Å²) in [5, 5.41) is 24.8. The van der Waals surface area contributed by atoms with Crippen molar-refractivity contribution in [3.05, 3.63) is 58.2 Å². The molecule has 2 aromatic rings. The molecule has 0 aliphatic rings. The first kappa shape index (κ1) is 17.6. The lowest BCUT2D eigenvalue weighted by Crippen LogP contribution is -2.34. The molecule has 0 aliphatic carbocycles. The van der Waals surface area contributed by atoms with Crippen LogP contribution in [0.3, 0.4) is 0 Å². The van der Waals surface area contributed by atoms with Gasteiger partial charge in [-0.2, -0.15) is 0 Å². The Hall–Kier alpha value is -2.73. The predicted octanol–water partition coefficient (Wildman–Crippen LogP) is 3.53. The molecular formula is C17H19ClN6. The highest BCUT2D eigenvalue weighted by atomic mass is 35.5. The zero-order valence-corrected chi connectivity index (χ0v) is 14.3. The van der Waals surface area contributed by atoms with Crippen LogP contribution in [0.1, 0.15) is 30.5 Å². The number of nitrogens with two attached hydrogens (primary N) is 1. The van der Waals surface area contributed by atoms with Crippen LogP contribution in [0, 0.1) is 16.2 Å². The van der Waals surface area contributed by atoms with E-state index in [4.69, 9.17) is 33.6 Å². The fraction of sp³-hybridized carbons (Fsp3) is 0.176. The fourth-order valence-electron chi connectivity index (χ4n) is 2.20. The van der Waals surface area contributed by atoms with Crippen LogP contribution in [0.2, 0.25) is 5.02 Å². The van der Waals surface area contributed by atoms with Gasteiger partial charge in [0.05, 0.1) is 12.4 Å². The van der Waals surface area contributed by atoms with Gasteiger partial charge in [-0.3, -0.25) is 10.8 Å². The number of pyridine rings is 1. The number of hydrogen-bond acceptors (Lipinski definition) is 5. The number of nitrogen functional groups attached to an aromatic ring is 1. The van der Waals surface area contributed by atoms with Crippen molar-refractivity contribution < 1.29 is 0 Å². The first-order valence-corrected chi connectivity index (χ1v) is 7.64. The van der Waals surface area contributed by atoms with E-state index in [1.54, 1.807) is 36.9 Å². The van der Waals surface area contributed by atoms with Gasteiger partial charge in [0.25, 0.3) is 0 Å². The van der Waals surface area contributed by atoms with Crippen molar-refractivity contribution >= 4 is 34.8 Å². The molecule has 0 amide bonds. The summed E-state index contributed by atoms with van der Waals surface area (Å²) in [6, 6.07) is 8.93. The average molecular weight is 343 g/mol. The van der Waals surface area contributed by atoms with E-state index < -0.39 is 0 Å². The molecule has 7 heteroatoms. The van der Waals surface area contributed by atoms with Crippen LogP contribution in [0.25, 0.3) is 0 Å². The molecule has 1 aromatic carbocycles. The second-order valence-electron chi connectivity index (χ2n) is 5.43. The third-order valence-corrected chi connectivity index (χ3v) is 3.78. The summed E-state index contributed by atoms with van der Waals surface area (Å²) in [7, 11) is 0. The summed E-state index contributed by atoms with van der Waals surface area (Å²) < 4.78 is 0. The number of hydrogen-bond donors (Lipinski definition) is 4. The first-order valence-electron chi connectivity index (χ1n) is 7.26. The van der Waals surface area contributed by atoms with Gasteiger partial charge in [-0.1, -0.05) is 23.7 Å².